The molecule has 0 spiro atoms. The van der Waals surface area contributed by atoms with Crippen molar-refractivity contribution in [2.24, 2.45) is 0 Å². The Morgan fingerprint density at radius 3 is 2.62 bits per heavy atom. The lowest BCUT2D eigenvalue weighted by Crippen LogP contribution is -2.51. The van der Waals surface area contributed by atoms with Crippen LogP contribution < -0.4 is 5.32 Å². The molecule has 0 saturated carbocycles. The summed E-state index contributed by atoms with van der Waals surface area (Å²) in [6.45, 7) is 2.31. The number of likely N-dealkylation sites (N-methyl/N-ethyl adjacent to an activating group) is 1. The van der Waals surface area contributed by atoms with Gasteiger partial charge in [0, 0.05) is 6.54 Å². The van der Waals surface area contributed by atoms with Crippen molar-refractivity contribution in [1.29, 1.82) is 0 Å². The second-order valence-corrected chi connectivity index (χ2v) is 4.25. The Labute approximate surface area is 95.8 Å². The van der Waals surface area contributed by atoms with Crippen LogP contribution >= 0.6 is 0 Å². The molecule has 0 aromatic heterocycles. The van der Waals surface area contributed by atoms with Crippen molar-refractivity contribution < 1.29 is 14.7 Å². The van der Waals surface area contributed by atoms with E-state index in [-0.39, 0.29) is 11.9 Å². The van der Waals surface area contributed by atoms with E-state index >= 15 is 0 Å². The molecule has 1 saturated heterocycles. The predicted molar refractivity (Wildman–Crippen MR) is 60.1 cm³/mol. The lowest BCUT2D eigenvalue weighted by atomic mass is 10.1. The van der Waals surface area contributed by atoms with Crippen LogP contribution in [0.1, 0.15) is 32.6 Å². The number of carbonyl (C=O) groups excluding carboxylic acids is 1. The van der Waals surface area contributed by atoms with Crippen LogP contribution in [-0.4, -0.2) is 47.6 Å². The summed E-state index contributed by atoms with van der Waals surface area (Å²) in [6.07, 6.45) is 3.35. The van der Waals surface area contributed by atoms with Gasteiger partial charge in [0.1, 0.15) is 6.04 Å². The molecule has 1 rings (SSSR count). The van der Waals surface area contributed by atoms with Crippen molar-refractivity contribution in [3.8, 4) is 0 Å². The number of rotatable bonds is 3. The lowest BCUT2D eigenvalue weighted by molar-refractivity contribution is -0.150. The third-order valence-electron chi connectivity index (χ3n) is 3.12. The summed E-state index contributed by atoms with van der Waals surface area (Å²) in [6, 6.07) is -0.967. The minimum absolute atomic E-state index is 0.114. The standard InChI is InChI=1S/C11H20N2O3/c1-8(12-2)10(14)13-7-5-3-4-6-9(13)11(15)16/h8-9,12H,3-7H2,1-2H3,(H,15,16). The summed E-state index contributed by atoms with van der Waals surface area (Å²) >= 11 is 0. The highest BCUT2D eigenvalue weighted by atomic mass is 16.4. The quantitative estimate of drug-likeness (QED) is 0.736. The molecule has 1 aliphatic rings. The summed E-state index contributed by atoms with van der Waals surface area (Å²) in [5.41, 5.74) is 0. The van der Waals surface area contributed by atoms with Gasteiger partial charge in [0.25, 0.3) is 0 Å². The van der Waals surface area contributed by atoms with Crippen LogP contribution in [-0.2, 0) is 9.59 Å². The van der Waals surface area contributed by atoms with Gasteiger partial charge < -0.3 is 15.3 Å². The van der Waals surface area contributed by atoms with E-state index in [9.17, 15) is 9.59 Å². The molecule has 1 aliphatic heterocycles. The van der Waals surface area contributed by atoms with Crippen LogP contribution in [0.2, 0.25) is 0 Å². The number of amides is 1. The fraction of sp³-hybridized carbons (Fsp3) is 0.818. The van der Waals surface area contributed by atoms with E-state index in [1.807, 2.05) is 0 Å². The number of aliphatic carboxylic acids is 1. The maximum Gasteiger partial charge on any atom is 0.326 e. The Bertz CT molecular complexity index is 268. The molecular weight excluding hydrogens is 208 g/mol. The van der Waals surface area contributed by atoms with Crippen molar-refractivity contribution in [1.82, 2.24) is 10.2 Å². The third-order valence-corrected chi connectivity index (χ3v) is 3.12. The molecule has 16 heavy (non-hydrogen) atoms. The molecule has 0 aromatic rings. The van der Waals surface area contributed by atoms with E-state index in [2.05, 4.69) is 5.32 Å². The van der Waals surface area contributed by atoms with Crippen LogP contribution in [0.4, 0.5) is 0 Å². The zero-order valence-corrected chi connectivity index (χ0v) is 9.90. The summed E-state index contributed by atoms with van der Waals surface area (Å²) < 4.78 is 0. The fourth-order valence-electron chi connectivity index (χ4n) is 2.00. The van der Waals surface area contributed by atoms with E-state index in [0.29, 0.717) is 13.0 Å². The number of nitrogens with zero attached hydrogens (tertiary/aromatic N) is 1. The van der Waals surface area contributed by atoms with Gasteiger partial charge in [-0.05, 0) is 26.8 Å². The molecule has 2 unspecified atom stereocenters. The van der Waals surface area contributed by atoms with Crippen LogP contribution in [0.15, 0.2) is 0 Å². The first-order chi connectivity index (χ1) is 7.57. The second kappa shape index (κ2) is 5.84. The number of carboxylic acids is 1. The summed E-state index contributed by atoms with van der Waals surface area (Å²) in [5.74, 6) is -1.00. The molecule has 0 radical (unpaired) electrons. The average Bonchev–Trinajstić information content (AvgIpc) is 2.52. The molecule has 1 fully saturated rings. The topological polar surface area (TPSA) is 69.6 Å². The number of hydrogen-bond donors (Lipinski definition) is 2. The van der Waals surface area contributed by atoms with Gasteiger partial charge in [-0.1, -0.05) is 12.8 Å². The van der Waals surface area contributed by atoms with Crippen molar-refractivity contribution in [2.75, 3.05) is 13.6 Å². The normalized spacial score (nSPS) is 23.6. The Morgan fingerprint density at radius 1 is 1.38 bits per heavy atom. The van der Waals surface area contributed by atoms with Gasteiger partial charge in [0.15, 0.2) is 0 Å². The van der Waals surface area contributed by atoms with E-state index in [0.717, 1.165) is 19.3 Å². The van der Waals surface area contributed by atoms with Gasteiger partial charge >= 0.3 is 5.97 Å². The first kappa shape index (κ1) is 13.0. The molecule has 0 bridgehead atoms. The molecule has 2 atom stereocenters. The molecule has 92 valence electrons. The first-order valence-electron chi connectivity index (χ1n) is 5.78. The Balaban J connectivity index is 2.78. The Morgan fingerprint density at radius 2 is 2.06 bits per heavy atom. The van der Waals surface area contributed by atoms with Crippen molar-refractivity contribution >= 4 is 11.9 Å². The predicted octanol–water partition coefficient (Wildman–Crippen LogP) is 0.450. The zero-order valence-electron chi connectivity index (χ0n) is 9.90. The highest BCUT2D eigenvalue weighted by Crippen LogP contribution is 2.17. The zero-order chi connectivity index (χ0) is 12.1. The van der Waals surface area contributed by atoms with Crippen molar-refractivity contribution in [3.05, 3.63) is 0 Å². The van der Waals surface area contributed by atoms with E-state index in [1.54, 1.807) is 14.0 Å². The van der Waals surface area contributed by atoms with Gasteiger partial charge in [-0.3, -0.25) is 4.79 Å². The molecule has 0 aromatic carbocycles. The monoisotopic (exact) mass is 228 g/mol. The van der Waals surface area contributed by atoms with Crippen molar-refractivity contribution in [3.63, 3.8) is 0 Å². The Kier molecular flexibility index (Phi) is 4.73. The number of likely N-dealkylation sites (tertiary alicyclic amines) is 1. The van der Waals surface area contributed by atoms with Crippen molar-refractivity contribution in [2.45, 2.75) is 44.7 Å². The maximum atomic E-state index is 12.0. The number of nitrogens with one attached hydrogen (secondary N) is 1. The lowest BCUT2D eigenvalue weighted by Gasteiger charge is -2.29. The largest absolute Gasteiger partial charge is 0.480 e. The Hall–Kier alpha value is -1.10. The van der Waals surface area contributed by atoms with E-state index in [4.69, 9.17) is 5.11 Å². The molecule has 0 aliphatic carbocycles. The number of hydrogen-bond acceptors (Lipinski definition) is 3. The van der Waals surface area contributed by atoms with Crippen LogP contribution in [0.3, 0.4) is 0 Å². The van der Waals surface area contributed by atoms with Gasteiger partial charge in [-0.25, -0.2) is 4.79 Å². The molecule has 5 heteroatoms. The fourth-order valence-corrected chi connectivity index (χ4v) is 2.00. The third kappa shape index (κ3) is 2.95. The molecule has 1 heterocycles. The minimum Gasteiger partial charge on any atom is -0.480 e. The summed E-state index contributed by atoms with van der Waals surface area (Å²) in [7, 11) is 1.70. The highest BCUT2D eigenvalue weighted by molar-refractivity contribution is 5.86. The summed E-state index contributed by atoms with van der Waals surface area (Å²) in [4.78, 5) is 24.6. The highest BCUT2D eigenvalue weighted by Gasteiger charge is 2.32. The number of carboxylic acid groups (broad SMARTS) is 1. The van der Waals surface area contributed by atoms with Crippen LogP contribution in [0, 0.1) is 0 Å². The van der Waals surface area contributed by atoms with Crippen LogP contribution in [0.25, 0.3) is 0 Å². The number of carbonyl (C=O) groups is 2. The molecular formula is C11H20N2O3. The molecule has 2 N–H and O–H groups in total. The van der Waals surface area contributed by atoms with Gasteiger partial charge in [-0.15, -0.1) is 0 Å². The molecule has 5 nitrogen and oxygen atoms in total. The van der Waals surface area contributed by atoms with Crippen LogP contribution in [0.5, 0.6) is 0 Å². The van der Waals surface area contributed by atoms with Gasteiger partial charge in [-0.2, -0.15) is 0 Å². The van der Waals surface area contributed by atoms with E-state index < -0.39 is 12.0 Å². The first-order valence-corrected chi connectivity index (χ1v) is 5.78. The SMILES string of the molecule is CNC(C)C(=O)N1CCCCCC1C(=O)O. The molecule has 1 amide bonds. The summed E-state index contributed by atoms with van der Waals surface area (Å²) in [5, 5.41) is 12.0. The smallest absolute Gasteiger partial charge is 0.326 e. The van der Waals surface area contributed by atoms with E-state index in [1.165, 1.54) is 4.90 Å². The minimum atomic E-state index is -0.890. The van der Waals surface area contributed by atoms with Gasteiger partial charge in [0.05, 0.1) is 6.04 Å². The maximum absolute atomic E-state index is 12.0. The average molecular weight is 228 g/mol. The van der Waals surface area contributed by atoms with Gasteiger partial charge in [0.2, 0.25) is 5.91 Å². The second-order valence-electron chi connectivity index (χ2n) is 4.25.